The Labute approximate surface area is 94.9 Å². The first-order valence-electron chi connectivity index (χ1n) is 3.50. The van der Waals surface area contributed by atoms with E-state index in [0.29, 0.717) is 0 Å². The summed E-state index contributed by atoms with van der Waals surface area (Å²) in [6.45, 7) is 0. The maximum atomic E-state index is 13.2. The molecule has 1 rings (SSSR count). The molecule has 0 aliphatic rings. The molecule has 0 saturated carbocycles. The van der Waals surface area contributed by atoms with Crippen LogP contribution >= 0.6 is 28.3 Å². The van der Waals surface area contributed by atoms with Crippen LogP contribution in [-0.4, -0.2) is 13.3 Å². The van der Waals surface area contributed by atoms with Crippen molar-refractivity contribution in [1.29, 1.82) is 0 Å². The van der Waals surface area contributed by atoms with Crippen molar-refractivity contribution in [2.24, 2.45) is 5.10 Å². The second kappa shape index (κ2) is 5.93. The van der Waals surface area contributed by atoms with Crippen LogP contribution in [0.25, 0.3) is 0 Å². The third kappa shape index (κ3) is 2.92. The summed E-state index contributed by atoms with van der Waals surface area (Å²) < 4.78 is 26.4. The lowest BCUT2D eigenvalue weighted by Gasteiger charge is -2.00. The van der Waals surface area contributed by atoms with Crippen LogP contribution in [0.1, 0.15) is 5.56 Å². The topological polar surface area (TPSA) is 24.4 Å². The van der Waals surface area contributed by atoms with E-state index in [0.717, 1.165) is 6.21 Å². The van der Waals surface area contributed by atoms with Gasteiger partial charge in [0.15, 0.2) is 0 Å². The largest absolute Gasteiger partial charge is 0.313 e. The Balaban J connectivity index is 0.00000169. The smallest absolute Gasteiger partial charge is 0.149 e. The predicted octanol–water partition coefficient (Wildman–Crippen LogP) is 2.70. The van der Waals surface area contributed by atoms with Crippen molar-refractivity contribution in [3.05, 3.63) is 33.8 Å². The average molecular weight is 286 g/mol. The standard InChI is InChI=1S/C8H7BrF2N2.ClH/c1-12-13-4-5-7(10)3-2-6(9)8(5)11;/h2-4,12H,1H3;1H/b13-4+;. The molecule has 1 aromatic rings. The van der Waals surface area contributed by atoms with E-state index in [9.17, 15) is 8.78 Å². The highest BCUT2D eigenvalue weighted by Gasteiger charge is 2.09. The lowest BCUT2D eigenvalue weighted by Crippen LogP contribution is -1.99. The summed E-state index contributed by atoms with van der Waals surface area (Å²) in [6, 6.07) is 2.48. The molecule has 0 heterocycles. The van der Waals surface area contributed by atoms with E-state index in [-0.39, 0.29) is 22.4 Å². The summed E-state index contributed by atoms with van der Waals surface area (Å²) in [5.74, 6) is -1.29. The number of rotatable bonds is 2. The van der Waals surface area contributed by atoms with Gasteiger partial charge < -0.3 is 5.43 Å². The Morgan fingerprint density at radius 2 is 2.07 bits per heavy atom. The molecule has 1 N–H and O–H groups in total. The van der Waals surface area contributed by atoms with Crippen LogP contribution in [0.15, 0.2) is 21.7 Å². The molecular weight excluding hydrogens is 277 g/mol. The zero-order chi connectivity index (χ0) is 9.84. The first kappa shape index (κ1) is 13.3. The van der Waals surface area contributed by atoms with Gasteiger partial charge in [-0.1, -0.05) is 0 Å². The SMILES string of the molecule is CN/N=C/c1c(F)ccc(Br)c1F.Cl. The number of nitrogens with zero attached hydrogens (tertiary/aromatic N) is 1. The quantitative estimate of drug-likeness (QED) is 0.504. The van der Waals surface area contributed by atoms with Crippen molar-refractivity contribution in [2.45, 2.75) is 0 Å². The molecule has 0 bridgehead atoms. The summed E-state index contributed by atoms with van der Waals surface area (Å²) in [7, 11) is 1.55. The Morgan fingerprint density at radius 3 is 2.64 bits per heavy atom. The number of benzene rings is 1. The summed E-state index contributed by atoms with van der Waals surface area (Å²) in [5, 5.41) is 3.53. The van der Waals surface area contributed by atoms with E-state index in [2.05, 4.69) is 26.5 Å². The van der Waals surface area contributed by atoms with Gasteiger partial charge in [0.2, 0.25) is 0 Å². The Kier molecular flexibility index (Phi) is 5.64. The number of hydrogen-bond donors (Lipinski definition) is 1. The van der Waals surface area contributed by atoms with Crippen molar-refractivity contribution in [3.8, 4) is 0 Å². The number of hydrogen-bond acceptors (Lipinski definition) is 2. The van der Waals surface area contributed by atoms with Crippen molar-refractivity contribution >= 4 is 34.6 Å². The van der Waals surface area contributed by atoms with Crippen LogP contribution < -0.4 is 5.43 Å². The molecule has 0 spiro atoms. The van der Waals surface area contributed by atoms with E-state index < -0.39 is 11.6 Å². The second-order valence-corrected chi connectivity index (χ2v) is 3.09. The number of nitrogens with one attached hydrogen (secondary N) is 1. The highest BCUT2D eigenvalue weighted by molar-refractivity contribution is 9.10. The van der Waals surface area contributed by atoms with Gasteiger partial charge in [-0.3, -0.25) is 0 Å². The summed E-state index contributed by atoms with van der Waals surface area (Å²) in [6.07, 6.45) is 1.09. The fraction of sp³-hybridized carbons (Fsp3) is 0.125. The zero-order valence-corrected chi connectivity index (χ0v) is 9.62. The molecule has 2 nitrogen and oxygen atoms in total. The monoisotopic (exact) mass is 284 g/mol. The molecule has 0 radical (unpaired) electrons. The van der Waals surface area contributed by atoms with Crippen LogP contribution in [0, 0.1) is 11.6 Å². The fourth-order valence-electron chi connectivity index (χ4n) is 0.790. The minimum absolute atomic E-state index is 0. The molecule has 0 aliphatic heterocycles. The first-order chi connectivity index (χ1) is 6.16. The third-order valence-electron chi connectivity index (χ3n) is 1.40. The average Bonchev–Trinajstić information content (AvgIpc) is 2.12. The maximum Gasteiger partial charge on any atom is 0.149 e. The Hall–Kier alpha value is -0.680. The van der Waals surface area contributed by atoms with E-state index in [1.165, 1.54) is 12.1 Å². The van der Waals surface area contributed by atoms with Crippen LogP contribution in [0.2, 0.25) is 0 Å². The molecule has 1 aromatic carbocycles. The lowest BCUT2D eigenvalue weighted by molar-refractivity contribution is 0.575. The zero-order valence-electron chi connectivity index (χ0n) is 7.22. The van der Waals surface area contributed by atoms with Gasteiger partial charge in [-0.15, -0.1) is 12.4 Å². The van der Waals surface area contributed by atoms with E-state index in [4.69, 9.17) is 0 Å². The molecular formula is C8H8BrClF2N2. The van der Waals surface area contributed by atoms with Gasteiger partial charge in [0.1, 0.15) is 11.6 Å². The minimum Gasteiger partial charge on any atom is -0.313 e. The van der Waals surface area contributed by atoms with Gasteiger partial charge in [0.05, 0.1) is 16.3 Å². The van der Waals surface area contributed by atoms with E-state index in [1.807, 2.05) is 0 Å². The molecule has 14 heavy (non-hydrogen) atoms. The van der Waals surface area contributed by atoms with Crippen molar-refractivity contribution in [2.75, 3.05) is 7.05 Å². The Bertz CT molecular complexity index is 344. The van der Waals surface area contributed by atoms with Gasteiger partial charge >= 0.3 is 0 Å². The maximum absolute atomic E-state index is 13.2. The predicted molar refractivity (Wildman–Crippen MR) is 58.0 cm³/mol. The summed E-state index contributed by atoms with van der Waals surface area (Å²) >= 11 is 2.95. The molecule has 78 valence electrons. The summed E-state index contributed by atoms with van der Waals surface area (Å²) in [4.78, 5) is 0. The van der Waals surface area contributed by atoms with Crippen molar-refractivity contribution in [3.63, 3.8) is 0 Å². The third-order valence-corrected chi connectivity index (χ3v) is 2.01. The van der Waals surface area contributed by atoms with Gasteiger partial charge in [0, 0.05) is 7.05 Å². The van der Waals surface area contributed by atoms with Crippen LogP contribution in [0.5, 0.6) is 0 Å². The van der Waals surface area contributed by atoms with Gasteiger partial charge in [-0.05, 0) is 28.1 Å². The normalized spacial score (nSPS) is 10.0. The lowest BCUT2D eigenvalue weighted by atomic mass is 10.2. The Morgan fingerprint density at radius 1 is 1.43 bits per heavy atom. The van der Waals surface area contributed by atoms with Gasteiger partial charge in [0.25, 0.3) is 0 Å². The van der Waals surface area contributed by atoms with Crippen LogP contribution in [0.4, 0.5) is 8.78 Å². The molecule has 0 atom stereocenters. The van der Waals surface area contributed by atoms with Crippen molar-refractivity contribution < 1.29 is 8.78 Å². The van der Waals surface area contributed by atoms with Crippen LogP contribution in [-0.2, 0) is 0 Å². The molecule has 0 aliphatic carbocycles. The molecule has 0 aromatic heterocycles. The molecule has 0 fully saturated rings. The van der Waals surface area contributed by atoms with Gasteiger partial charge in [-0.2, -0.15) is 5.10 Å². The molecule has 6 heteroatoms. The van der Waals surface area contributed by atoms with E-state index >= 15 is 0 Å². The summed E-state index contributed by atoms with van der Waals surface area (Å²) in [5.41, 5.74) is 2.25. The second-order valence-electron chi connectivity index (χ2n) is 2.24. The van der Waals surface area contributed by atoms with Crippen LogP contribution in [0.3, 0.4) is 0 Å². The highest BCUT2D eigenvalue weighted by atomic mass is 79.9. The fourth-order valence-corrected chi connectivity index (χ4v) is 1.14. The number of hydrazone groups is 1. The molecule has 0 saturated heterocycles. The van der Waals surface area contributed by atoms with Gasteiger partial charge in [-0.25, -0.2) is 8.78 Å². The molecule has 0 amide bonds. The van der Waals surface area contributed by atoms with Crippen molar-refractivity contribution in [1.82, 2.24) is 5.43 Å². The first-order valence-corrected chi connectivity index (χ1v) is 4.29. The highest BCUT2D eigenvalue weighted by Crippen LogP contribution is 2.19. The van der Waals surface area contributed by atoms with E-state index in [1.54, 1.807) is 7.05 Å². The minimum atomic E-state index is -0.654. The number of halogens is 4. The molecule has 0 unspecified atom stereocenters.